The van der Waals surface area contributed by atoms with Crippen LogP contribution in [0.2, 0.25) is 0 Å². The summed E-state index contributed by atoms with van der Waals surface area (Å²) in [7, 11) is 0. The fraction of sp³-hybridized carbons (Fsp3) is 0.154. The number of para-hydroxylation sites is 2. The van der Waals surface area contributed by atoms with Crippen LogP contribution >= 0.6 is 0 Å². The van der Waals surface area contributed by atoms with Crippen molar-refractivity contribution in [2.45, 2.75) is 19.1 Å². The molecule has 0 radical (unpaired) electrons. The van der Waals surface area contributed by atoms with Crippen molar-refractivity contribution in [3.05, 3.63) is 102 Å². The third-order valence-electron chi connectivity index (χ3n) is 5.85. The minimum Gasteiger partial charge on any atom is -0.273 e. The summed E-state index contributed by atoms with van der Waals surface area (Å²) in [6.45, 7) is 2.05. The quantitative estimate of drug-likeness (QED) is 0.599. The molecule has 3 aromatic carbocycles. The Bertz CT molecular complexity index is 1140. The smallest absolute Gasteiger partial charge is 0.266 e. The average molecular weight is 410 g/mol. The summed E-state index contributed by atoms with van der Waals surface area (Å²) < 4.78 is 0. The average Bonchev–Trinajstić information content (AvgIpc) is 3.30. The number of aryl methyl sites for hydroxylation is 1. The second kappa shape index (κ2) is 7.85. The molecule has 2 saturated heterocycles. The van der Waals surface area contributed by atoms with Gasteiger partial charge in [0.25, 0.3) is 5.91 Å². The van der Waals surface area contributed by atoms with Gasteiger partial charge in [0.1, 0.15) is 5.92 Å². The van der Waals surface area contributed by atoms with E-state index in [1.165, 1.54) is 4.90 Å². The van der Waals surface area contributed by atoms with Crippen LogP contribution in [0.25, 0.3) is 6.08 Å². The van der Waals surface area contributed by atoms with Gasteiger partial charge in [-0.15, -0.1) is 0 Å². The molecule has 0 unspecified atom stereocenters. The third kappa shape index (κ3) is 3.33. The van der Waals surface area contributed by atoms with Crippen LogP contribution in [0.15, 0.2) is 91.0 Å². The molecule has 3 atom stereocenters. The molecule has 0 N–H and O–H groups in total. The number of nitrogens with zero attached hydrogens (tertiary/aromatic N) is 2. The highest BCUT2D eigenvalue weighted by atomic mass is 16.7. The van der Waals surface area contributed by atoms with Crippen molar-refractivity contribution in [3.8, 4) is 0 Å². The molecule has 5 nitrogen and oxygen atoms in total. The maximum Gasteiger partial charge on any atom is 0.266 e. The lowest BCUT2D eigenvalue weighted by molar-refractivity contribution is -0.126. The first-order chi connectivity index (χ1) is 15.1. The van der Waals surface area contributed by atoms with E-state index < -0.39 is 18.1 Å². The Labute approximate surface area is 181 Å². The van der Waals surface area contributed by atoms with Crippen LogP contribution in [-0.4, -0.2) is 24.0 Å². The van der Waals surface area contributed by atoms with Crippen molar-refractivity contribution in [1.29, 1.82) is 0 Å². The molecule has 5 rings (SSSR count). The Morgan fingerprint density at radius 3 is 2.06 bits per heavy atom. The summed E-state index contributed by atoms with van der Waals surface area (Å²) in [5.74, 6) is -1.18. The molecule has 2 aliphatic heterocycles. The van der Waals surface area contributed by atoms with E-state index >= 15 is 0 Å². The number of anilines is 2. The zero-order chi connectivity index (χ0) is 21.4. The van der Waals surface area contributed by atoms with Gasteiger partial charge in [0, 0.05) is 0 Å². The summed E-state index contributed by atoms with van der Waals surface area (Å²) in [5, 5.41) is 1.70. The van der Waals surface area contributed by atoms with Crippen LogP contribution in [0.3, 0.4) is 0 Å². The van der Waals surface area contributed by atoms with Crippen LogP contribution in [0, 0.1) is 12.8 Å². The first-order valence-electron chi connectivity index (χ1n) is 10.3. The van der Waals surface area contributed by atoms with Gasteiger partial charge in [-0.05, 0) is 42.3 Å². The minimum absolute atomic E-state index is 0.237. The van der Waals surface area contributed by atoms with E-state index in [1.807, 2.05) is 91.9 Å². The van der Waals surface area contributed by atoms with Gasteiger partial charge < -0.3 is 0 Å². The molecule has 31 heavy (non-hydrogen) atoms. The molecular formula is C26H22N2O3. The molecule has 0 bridgehead atoms. The molecule has 2 amide bonds. The summed E-state index contributed by atoms with van der Waals surface area (Å²) in [6, 6.07) is 26.3. The monoisotopic (exact) mass is 410 g/mol. The number of hydroxylamine groups is 1. The molecule has 0 aliphatic carbocycles. The second-order valence-electron chi connectivity index (χ2n) is 7.77. The van der Waals surface area contributed by atoms with Crippen molar-refractivity contribution in [2.24, 2.45) is 5.92 Å². The van der Waals surface area contributed by atoms with Crippen LogP contribution in [-0.2, 0) is 14.4 Å². The Morgan fingerprint density at radius 2 is 1.39 bits per heavy atom. The van der Waals surface area contributed by atoms with Gasteiger partial charge in [0.15, 0.2) is 6.10 Å². The Morgan fingerprint density at radius 1 is 0.774 bits per heavy atom. The largest absolute Gasteiger partial charge is 0.273 e. The highest BCUT2D eigenvalue weighted by Gasteiger charge is 2.59. The summed E-state index contributed by atoms with van der Waals surface area (Å²) in [4.78, 5) is 34.0. The van der Waals surface area contributed by atoms with E-state index in [-0.39, 0.29) is 11.8 Å². The molecule has 0 saturated carbocycles. The van der Waals surface area contributed by atoms with Gasteiger partial charge in [0.05, 0.1) is 17.4 Å². The van der Waals surface area contributed by atoms with E-state index in [2.05, 4.69) is 0 Å². The van der Waals surface area contributed by atoms with E-state index in [9.17, 15) is 9.59 Å². The van der Waals surface area contributed by atoms with E-state index in [0.29, 0.717) is 5.69 Å². The summed E-state index contributed by atoms with van der Waals surface area (Å²) in [5.41, 5.74) is 3.59. The van der Waals surface area contributed by atoms with Gasteiger partial charge in [-0.1, -0.05) is 72.8 Å². The number of benzene rings is 3. The molecule has 0 spiro atoms. The molecular weight excluding hydrogens is 388 g/mol. The second-order valence-corrected chi connectivity index (χ2v) is 7.77. The van der Waals surface area contributed by atoms with Crippen molar-refractivity contribution >= 4 is 29.3 Å². The Kier molecular flexibility index (Phi) is 4.88. The standard InChI is InChI=1S/C26H22N2O3/c1-18-10-8-9-11-19(18)16-17-22-23-24(31-28(22)21-14-6-3-7-15-21)26(30)27(25(23)29)20-12-4-2-5-13-20/h2-17,22-24H,1H3/b17-16+/t22-,23-,24+/m0/s1. The van der Waals surface area contributed by atoms with E-state index in [4.69, 9.17) is 4.84 Å². The van der Waals surface area contributed by atoms with Gasteiger partial charge >= 0.3 is 0 Å². The fourth-order valence-corrected chi connectivity index (χ4v) is 4.26. The van der Waals surface area contributed by atoms with Crippen molar-refractivity contribution in [3.63, 3.8) is 0 Å². The molecule has 5 heteroatoms. The van der Waals surface area contributed by atoms with Gasteiger partial charge in [-0.3, -0.25) is 14.4 Å². The van der Waals surface area contributed by atoms with Crippen molar-refractivity contribution in [1.82, 2.24) is 0 Å². The zero-order valence-electron chi connectivity index (χ0n) is 17.1. The van der Waals surface area contributed by atoms with Gasteiger partial charge in [-0.2, -0.15) is 0 Å². The van der Waals surface area contributed by atoms with Gasteiger partial charge in [0.2, 0.25) is 5.91 Å². The molecule has 3 aromatic rings. The molecule has 0 aromatic heterocycles. The van der Waals surface area contributed by atoms with E-state index in [1.54, 1.807) is 17.2 Å². The lowest BCUT2D eigenvalue weighted by Crippen LogP contribution is -2.39. The number of carbonyl (C=O) groups excluding carboxylic acids is 2. The van der Waals surface area contributed by atoms with Crippen molar-refractivity contribution in [2.75, 3.05) is 9.96 Å². The number of hydrogen-bond donors (Lipinski definition) is 0. The van der Waals surface area contributed by atoms with Crippen LogP contribution in [0.4, 0.5) is 11.4 Å². The molecule has 154 valence electrons. The number of amides is 2. The predicted octanol–water partition coefficient (Wildman–Crippen LogP) is 4.39. The molecule has 2 fully saturated rings. The minimum atomic E-state index is -0.848. The first kappa shape index (κ1) is 19.3. The molecule has 2 aliphatic rings. The maximum absolute atomic E-state index is 13.4. The summed E-state index contributed by atoms with van der Waals surface area (Å²) >= 11 is 0. The number of imide groups is 1. The van der Waals surface area contributed by atoms with Gasteiger partial charge in [-0.25, -0.2) is 9.96 Å². The lowest BCUT2D eigenvalue weighted by atomic mass is 9.95. The maximum atomic E-state index is 13.4. The Balaban J connectivity index is 1.54. The third-order valence-corrected chi connectivity index (χ3v) is 5.85. The Hall–Kier alpha value is -3.70. The number of carbonyl (C=O) groups is 2. The van der Waals surface area contributed by atoms with Crippen molar-refractivity contribution < 1.29 is 14.4 Å². The predicted molar refractivity (Wildman–Crippen MR) is 120 cm³/mol. The topological polar surface area (TPSA) is 49.9 Å². The number of hydrogen-bond acceptors (Lipinski definition) is 4. The van der Waals surface area contributed by atoms with Crippen LogP contribution in [0.1, 0.15) is 11.1 Å². The lowest BCUT2D eigenvalue weighted by Gasteiger charge is -2.26. The zero-order valence-corrected chi connectivity index (χ0v) is 17.1. The fourth-order valence-electron chi connectivity index (χ4n) is 4.26. The van der Waals surface area contributed by atoms with E-state index in [0.717, 1.165) is 16.8 Å². The van der Waals surface area contributed by atoms with Crippen LogP contribution in [0.5, 0.6) is 0 Å². The number of fused-ring (bicyclic) bond motifs is 1. The SMILES string of the molecule is Cc1ccccc1/C=C/[C@H]1[C@@H]2C(=O)N(c3ccccc3)C(=O)[C@@H]2ON1c1ccccc1. The summed E-state index contributed by atoms with van der Waals surface area (Å²) in [6.07, 6.45) is 3.13. The number of rotatable bonds is 4. The highest BCUT2D eigenvalue weighted by Crippen LogP contribution is 2.41. The first-order valence-corrected chi connectivity index (χ1v) is 10.3. The molecule has 2 heterocycles. The normalized spacial score (nSPS) is 23.1. The van der Waals surface area contributed by atoms with Crippen LogP contribution < -0.4 is 9.96 Å². The highest BCUT2D eigenvalue weighted by molar-refractivity contribution is 6.24.